The Morgan fingerprint density at radius 2 is 2.06 bits per heavy atom. The average Bonchev–Trinajstić information content (AvgIpc) is 2.57. The molecule has 5 heteroatoms. The second-order valence-corrected chi connectivity index (χ2v) is 5.29. The normalized spacial score (nSPS) is 14.1. The van der Waals surface area contributed by atoms with Crippen LogP contribution in [0.25, 0.3) is 0 Å². The highest BCUT2D eigenvalue weighted by Gasteiger charge is 2.22. The summed E-state index contributed by atoms with van der Waals surface area (Å²) in [7, 11) is 3.82. The SMILES string of the molecule is CNC(CCCc1nnn(C)n1)C(C)(C)C. The summed E-state index contributed by atoms with van der Waals surface area (Å²) in [5.41, 5.74) is 0.296. The lowest BCUT2D eigenvalue weighted by atomic mass is 9.84. The predicted octanol–water partition coefficient (Wildman–Crippen LogP) is 1.17. The van der Waals surface area contributed by atoms with Crippen molar-refractivity contribution in [3.05, 3.63) is 5.82 Å². The first-order chi connectivity index (χ1) is 7.43. The zero-order valence-electron chi connectivity index (χ0n) is 11.0. The van der Waals surface area contributed by atoms with Gasteiger partial charge in [0.15, 0.2) is 5.82 Å². The molecule has 92 valence electrons. The maximum atomic E-state index is 4.17. The molecule has 1 rings (SSSR count). The third-order valence-electron chi connectivity index (χ3n) is 2.84. The number of aromatic nitrogens is 4. The van der Waals surface area contributed by atoms with Crippen LogP contribution >= 0.6 is 0 Å². The van der Waals surface area contributed by atoms with E-state index < -0.39 is 0 Å². The van der Waals surface area contributed by atoms with E-state index in [0.29, 0.717) is 11.5 Å². The van der Waals surface area contributed by atoms with Gasteiger partial charge in [0.1, 0.15) is 0 Å². The molecule has 0 amide bonds. The summed E-state index contributed by atoms with van der Waals surface area (Å²) in [6, 6.07) is 0.532. The van der Waals surface area contributed by atoms with E-state index in [1.807, 2.05) is 7.05 Å². The number of hydrogen-bond donors (Lipinski definition) is 1. The number of rotatable bonds is 5. The maximum Gasteiger partial charge on any atom is 0.174 e. The Morgan fingerprint density at radius 1 is 1.38 bits per heavy atom. The highest BCUT2D eigenvalue weighted by atomic mass is 15.6. The highest BCUT2D eigenvalue weighted by molar-refractivity contribution is 4.82. The molecule has 0 bridgehead atoms. The molecule has 0 radical (unpaired) electrons. The Kier molecular flexibility index (Phi) is 4.41. The van der Waals surface area contributed by atoms with Gasteiger partial charge >= 0.3 is 0 Å². The minimum Gasteiger partial charge on any atom is -0.316 e. The largest absolute Gasteiger partial charge is 0.316 e. The van der Waals surface area contributed by atoms with E-state index in [9.17, 15) is 0 Å². The van der Waals surface area contributed by atoms with Gasteiger partial charge in [-0.2, -0.15) is 4.80 Å². The lowest BCUT2D eigenvalue weighted by Crippen LogP contribution is -2.37. The summed E-state index contributed by atoms with van der Waals surface area (Å²) in [5, 5.41) is 15.3. The van der Waals surface area contributed by atoms with E-state index >= 15 is 0 Å². The molecule has 0 saturated heterocycles. The van der Waals surface area contributed by atoms with Gasteiger partial charge in [-0.15, -0.1) is 10.2 Å². The van der Waals surface area contributed by atoms with Gasteiger partial charge < -0.3 is 5.32 Å². The molecule has 0 spiro atoms. The van der Waals surface area contributed by atoms with Crippen molar-refractivity contribution in [3.63, 3.8) is 0 Å². The first-order valence-electron chi connectivity index (χ1n) is 5.83. The van der Waals surface area contributed by atoms with Crippen molar-refractivity contribution in [2.24, 2.45) is 12.5 Å². The molecule has 1 heterocycles. The van der Waals surface area contributed by atoms with Crippen LogP contribution in [0.1, 0.15) is 39.4 Å². The molecule has 0 aliphatic heterocycles. The van der Waals surface area contributed by atoms with Crippen molar-refractivity contribution in [1.29, 1.82) is 0 Å². The van der Waals surface area contributed by atoms with Crippen molar-refractivity contribution in [2.75, 3.05) is 7.05 Å². The summed E-state index contributed by atoms with van der Waals surface area (Å²) in [4.78, 5) is 1.51. The van der Waals surface area contributed by atoms with E-state index in [1.165, 1.54) is 4.80 Å². The lowest BCUT2D eigenvalue weighted by Gasteiger charge is -2.30. The van der Waals surface area contributed by atoms with Crippen LogP contribution in [0.3, 0.4) is 0 Å². The zero-order valence-corrected chi connectivity index (χ0v) is 11.0. The summed E-state index contributed by atoms with van der Waals surface area (Å²) in [5.74, 6) is 0.839. The summed E-state index contributed by atoms with van der Waals surface area (Å²) >= 11 is 0. The first-order valence-corrected chi connectivity index (χ1v) is 5.83. The molecule has 0 aliphatic rings. The van der Waals surface area contributed by atoms with Crippen LogP contribution < -0.4 is 5.32 Å². The van der Waals surface area contributed by atoms with Crippen molar-refractivity contribution in [1.82, 2.24) is 25.5 Å². The summed E-state index contributed by atoms with van der Waals surface area (Å²) in [6.07, 6.45) is 3.13. The van der Waals surface area contributed by atoms with Crippen LogP contribution in [0.2, 0.25) is 0 Å². The van der Waals surface area contributed by atoms with Crippen molar-refractivity contribution < 1.29 is 0 Å². The predicted molar refractivity (Wildman–Crippen MR) is 64.0 cm³/mol. The van der Waals surface area contributed by atoms with Gasteiger partial charge in [-0.25, -0.2) is 0 Å². The summed E-state index contributed by atoms with van der Waals surface area (Å²) in [6.45, 7) is 6.78. The molecule has 16 heavy (non-hydrogen) atoms. The van der Waals surface area contributed by atoms with Crippen molar-refractivity contribution >= 4 is 0 Å². The minimum atomic E-state index is 0.296. The maximum absolute atomic E-state index is 4.17. The topological polar surface area (TPSA) is 55.6 Å². The van der Waals surface area contributed by atoms with Gasteiger partial charge in [-0.1, -0.05) is 20.8 Å². The molecule has 1 unspecified atom stereocenters. The Bertz CT molecular complexity index is 312. The van der Waals surface area contributed by atoms with Gasteiger partial charge in [0, 0.05) is 12.5 Å². The molecular formula is C11H23N5. The van der Waals surface area contributed by atoms with Crippen molar-refractivity contribution in [3.8, 4) is 0 Å². The lowest BCUT2D eigenvalue weighted by molar-refractivity contribution is 0.263. The van der Waals surface area contributed by atoms with Gasteiger partial charge in [0.05, 0.1) is 7.05 Å². The standard InChI is InChI=1S/C11H23N5/c1-11(2,3)9(12-4)7-6-8-10-13-15-16(5)14-10/h9,12H,6-8H2,1-5H3. The quantitative estimate of drug-likeness (QED) is 0.817. The van der Waals surface area contributed by atoms with Gasteiger partial charge in [0.25, 0.3) is 0 Å². The molecule has 0 fully saturated rings. The number of nitrogens with one attached hydrogen (secondary N) is 1. The minimum absolute atomic E-state index is 0.296. The Morgan fingerprint density at radius 3 is 2.50 bits per heavy atom. The third-order valence-corrected chi connectivity index (χ3v) is 2.84. The fraction of sp³-hybridized carbons (Fsp3) is 0.909. The fourth-order valence-corrected chi connectivity index (χ4v) is 1.90. The molecule has 1 atom stereocenters. The fourth-order valence-electron chi connectivity index (χ4n) is 1.90. The number of tetrazole rings is 1. The second-order valence-electron chi connectivity index (χ2n) is 5.29. The van der Waals surface area contributed by atoms with Crippen LogP contribution in [0.15, 0.2) is 0 Å². The Balaban J connectivity index is 2.34. The van der Waals surface area contributed by atoms with Crippen LogP contribution in [0, 0.1) is 5.41 Å². The number of nitrogens with zero attached hydrogens (tertiary/aromatic N) is 4. The smallest absolute Gasteiger partial charge is 0.174 e. The summed E-state index contributed by atoms with van der Waals surface area (Å²) < 4.78 is 0. The number of hydrogen-bond acceptors (Lipinski definition) is 4. The molecule has 1 N–H and O–H groups in total. The molecule has 0 saturated carbocycles. The first kappa shape index (κ1) is 13.1. The highest BCUT2D eigenvalue weighted by Crippen LogP contribution is 2.22. The van der Waals surface area contributed by atoms with Gasteiger partial charge in [0.2, 0.25) is 0 Å². The number of aryl methyl sites for hydroxylation is 2. The molecule has 0 aromatic carbocycles. The van der Waals surface area contributed by atoms with Gasteiger partial charge in [-0.3, -0.25) is 0 Å². The van der Waals surface area contributed by atoms with Gasteiger partial charge in [-0.05, 0) is 30.5 Å². The van der Waals surface area contributed by atoms with Crippen LogP contribution in [0.5, 0.6) is 0 Å². The van der Waals surface area contributed by atoms with E-state index in [-0.39, 0.29) is 0 Å². The molecule has 1 aromatic rings. The van der Waals surface area contributed by atoms with Crippen molar-refractivity contribution in [2.45, 2.75) is 46.1 Å². The van der Waals surface area contributed by atoms with E-state index in [1.54, 1.807) is 7.05 Å². The molecule has 1 aromatic heterocycles. The molecule has 0 aliphatic carbocycles. The van der Waals surface area contributed by atoms with Crippen LogP contribution in [-0.4, -0.2) is 33.3 Å². The van der Waals surface area contributed by atoms with E-state index in [2.05, 4.69) is 41.5 Å². The second kappa shape index (κ2) is 5.39. The third kappa shape index (κ3) is 3.89. The monoisotopic (exact) mass is 225 g/mol. The zero-order chi connectivity index (χ0) is 12.2. The van der Waals surface area contributed by atoms with E-state index in [0.717, 1.165) is 25.1 Å². The Hall–Kier alpha value is -0.970. The molecule has 5 nitrogen and oxygen atoms in total. The average molecular weight is 225 g/mol. The van der Waals surface area contributed by atoms with Crippen LogP contribution in [0.4, 0.5) is 0 Å². The van der Waals surface area contributed by atoms with E-state index in [4.69, 9.17) is 0 Å². The Labute approximate surface area is 97.6 Å². The van der Waals surface area contributed by atoms with Crippen LogP contribution in [-0.2, 0) is 13.5 Å². The molecular weight excluding hydrogens is 202 g/mol.